The Labute approximate surface area is 122 Å². The predicted octanol–water partition coefficient (Wildman–Crippen LogP) is 1.89. The minimum atomic E-state index is -1.11. The van der Waals surface area contributed by atoms with Gasteiger partial charge in [-0.05, 0) is 31.0 Å². The highest BCUT2D eigenvalue weighted by atomic mass is 16.4. The van der Waals surface area contributed by atoms with Crippen LogP contribution in [0.4, 0.5) is 11.4 Å². The molecule has 1 aromatic carbocycles. The van der Waals surface area contributed by atoms with E-state index in [2.05, 4.69) is 0 Å². The molecule has 2 amide bonds. The van der Waals surface area contributed by atoms with Crippen LogP contribution in [0.2, 0.25) is 0 Å². The van der Waals surface area contributed by atoms with E-state index in [0.29, 0.717) is 0 Å². The molecule has 3 N–H and O–H groups in total. The van der Waals surface area contributed by atoms with E-state index < -0.39 is 11.4 Å². The zero-order valence-electron chi connectivity index (χ0n) is 12.2. The molecule has 21 heavy (non-hydrogen) atoms. The summed E-state index contributed by atoms with van der Waals surface area (Å²) in [7, 11) is 0. The summed E-state index contributed by atoms with van der Waals surface area (Å²) in [5.74, 6) is -1.71. The Morgan fingerprint density at radius 3 is 2.43 bits per heavy atom. The van der Waals surface area contributed by atoms with E-state index in [9.17, 15) is 14.4 Å². The molecule has 2 rings (SSSR count). The molecule has 0 aliphatic carbocycles. The van der Waals surface area contributed by atoms with Crippen LogP contribution in [-0.4, -0.2) is 22.9 Å². The Kier molecular flexibility index (Phi) is 3.49. The first-order chi connectivity index (χ1) is 9.68. The van der Waals surface area contributed by atoms with E-state index >= 15 is 0 Å². The molecule has 0 spiro atoms. The van der Waals surface area contributed by atoms with Gasteiger partial charge in [-0.2, -0.15) is 0 Å². The smallest absolute Gasteiger partial charge is 0.335 e. The number of nitrogens with zero attached hydrogens (tertiary/aromatic N) is 1. The summed E-state index contributed by atoms with van der Waals surface area (Å²) in [6, 6.07) is 3.99. The average molecular weight is 290 g/mol. The maximum Gasteiger partial charge on any atom is 0.335 e. The third kappa shape index (κ3) is 2.26. The van der Waals surface area contributed by atoms with Gasteiger partial charge in [0.2, 0.25) is 11.8 Å². The molecule has 1 aromatic rings. The van der Waals surface area contributed by atoms with Gasteiger partial charge < -0.3 is 10.8 Å². The van der Waals surface area contributed by atoms with Crippen LogP contribution < -0.4 is 10.6 Å². The highest BCUT2D eigenvalue weighted by molar-refractivity contribution is 6.23. The van der Waals surface area contributed by atoms with E-state index in [0.717, 1.165) is 4.90 Å². The molecule has 6 nitrogen and oxygen atoms in total. The fourth-order valence-corrected chi connectivity index (χ4v) is 2.42. The van der Waals surface area contributed by atoms with Gasteiger partial charge in [0, 0.05) is 6.42 Å². The molecule has 1 fully saturated rings. The molecule has 0 aromatic heterocycles. The monoisotopic (exact) mass is 290 g/mol. The zero-order chi connectivity index (χ0) is 15.9. The molecule has 0 bridgehead atoms. The summed E-state index contributed by atoms with van der Waals surface area (Å²) in [6.45, 7) is 5.55. The van der Waals surface area contributed by atoms with Gasteiger partial charge in [-0.25, -0.2) is 9.69 Å². The zero-order valence-corrected chi connectivity index (χ0v) is 12.2. The molecule has 1 heterocycles. The van der Waals surface area contributed by atoms with Gasteiger partial charge in [-0.15, -0.1) is 0 Å². The normalized spacial score (nSPS) is 22.2. The molecule has 6 heteroatoms. The van der Waals surface area contributed by atoms with Crippen molar-refractivity contribution in [1.82, 2.24) is 0 Å². The summed E-state index contributed by atoms with van der Waals surface area (Å²) in [5, 5.41) is 8.92. The van der Waals surface area contributed by atoms with Crippen LogP contribution in [0, 0.1) is 11.3 Å². The molecular weight excluding hydrogens is 272 g/mol. The van der Waals surface area contributed by atoms with Gasteiger partial charge in [-0.3, -0.25) is 9.59 Å². The largest absolute Gasteiger partial charge is 0.478 e. The summed E-state index contributed by atoms with van der Waals surface area (Å²) in [4.78, 5) is 36.8. The summed E-state index contributed by atoms with van der Waals surface area (Å²) < 4.78 is 0. The first-order valence-corrected chi connectivity index (χ1v) is 6.68. The van der Waals surface area contributed by atoms with E-state index in [4.69, 9.17) is 10.8 Å². The van der Waals surface area contributed by atoms with Crippen LogP contribution in [0.15, 0.2) is 18.2 Å². The number of nitrogens with two attached hydrogens (primary N) is 1. The number of carboxylic acids is 1. The minimum Gasteiger partial charge on any atom is -0.478 e. The van der Waals surface area contributed by atoms with Crippen LogP contribution >= 0.6 is 0 Å². The summed E-state index contributed by atoms with van der Waals surface area (Å²) >= 11 is 0. The first-order valence-electron chi connectivity index (χ1n) is 6.68. The fourth-order valence-electron chi connectivity index (χ4n) is 2.42. The minimum absolute atomic E-state index is 0.0125. The number of amides is 2. The highest BCUT2D eigenvalue weighted by Gasteiger charge is 2.50. The summed E-state index contributed by atoms with van der Waals surface area (Å²) in [5.41, 5.74) is 5.43. The summed E-state index contributed by atoms with van der Waals surface area (Å²) in [6.07, 6.45) is 0.129. The fraction of sp³-hybridized carbons (Fsp3) is 0.400. The third-order valence-electron chi connectivity index (χ3n) is 4.25. The topological polar surface area (TPSA) is 101 Å². The average Bonchev–Trinajstić information content (AvgIpc) is 2.62. The molecule has 112 valence electrons. The van der Waals surface area contributed by atoms with Gasteiger partial charge in [0.05, 0.1) is 22.4 Å². The Morgan fingerprint density at radius 2 is 2.00 bits per heavy atom. The van der Waals surface area contributed by atoms with Crippen LogP contribution in [0.5, 0.6) is 0 Å². The number of nitrogen functional groups attached to an aromatic ring is 1. The standard InChI is InChI=1S/C15H18N2O4/c1-8(2)15(3)7-12(18)17(14(15)21)11-5-4-9(13(19)20)6-10(11)16/h4-6,8H,7,16H2,1-3H3,(H,19,20). The number of carbonyl (C=O) groups is 3. The van der Waals surface area contributed by atoms with Crippen LogP contribution in [0.25, 0.3) is 0 Å². The van der Waals surface area contributed by atoms with Gasteiger partial charge in [0.25, 0.3) is 0 Å². The lowest BCUT2D eigenvalue weighted by Gasteiger charge is -2.26. The number of aromatic carboxylic acids is 1. The molecule has 1 saturated heterocycles. The lowest BCUT2D eigenvalue weighted by molar-refractivity contribution is -0.126. The second kappa shape index (κ2) is 4.87. The number of carbonyl (C=O) groups excluding carboxylic acids is 2. The van der Waals surface area contributed by atoms with E-state index in [-0.39, 0.29) is 41.1 Å². The lowest BCUT2D eigenvalue weighted by atomic mass is 9.78. The van der Waals surface area contributed by atoms with Crippen LogP contribution in [0.1, 0.15) is 37.6 Å². The van der Waals surface area contributed by atoms with Crippen molar-refractivity contribution in [3.63, 3.8) is 0 Å². The molecule has 1 atom stereocenters. The predicted molar refractivity (Wildman–Crippen MR) is 77.9 cm³/mol. The molecule has 0 radical (unpaired) electrons. The van der Waals surface area contributed by atoms with Crippen molar-refractivity contribution in [1.29, 1.82) is 0 Å². The number of carboxylic acid groups (broad SMARTS) is 1. The van der Waals surface area contributed by atoms with E-state index in [1.807, 2.05) is 13.8 Å². The number of hydrogen-bond acceptors (Lipinski definition) is 4. The Balaban J connectivity index is 2.46. The Morgan fingerprint density at radius 1 is 1.38 bits per heavy atom. The number of anilines is 2. The number of benzene rings is 1. The van der Waals surface area contributed by atoms with Crippen molar-refractivity contribution in [2.75, 3.05) is 10.6 Å². The molecule has 1 unspecified atom stereocenters. The quantitative estimate of drug-likeness (QED) is 0.654. The Bertz CT molecular complexity index is 639. The van der Waals surface area contributed by atoms with Crippen molar-refractivity contribution in [3.8, 4) is 0 Å². The SMILES string of the molecule is CC(C)C1(C)CC(=O)N(c2ccc(C(=O)O)cc2N)C1=O. The van der Waals surface area contributed by atoms with E-state index in [1.54, 1.807) is 6.92 Å². The van der Waals surface area contributed by atoms with Crippen molar-refractivity contribution < 1.29 is 19.5 Å². The van der Waals surface area contributed by atoms with Gasteiger partial charge in [0.15, 0.2) is 0 Å². The van der Waals surface area contributed by atoms with Crippen molar-refractivity contribution >= 4 is 29.2 Å². The molecule has 1 aliphatic rings. The molecular formula is C15H18N2O4. The number of imide groups is 1. The second-order valence-corrected chi connectivity index (χ2v) is 5.86. The van der Waals surface area contributed by atoms with Crippen molar-refractivity contribution in [2.45, 2.75) is 27.2 Å². The molecule has 1 aliphatic heterocycles. The third-order valence-corrected chi connectivity index (χ3v) is 4.25. The number of rotatable bonds is 3. The lowest BCUT2D eigenvalue weighted by Crippen LogP contribution is -2.37. The van der Waals surface area contributed by atoms with Crippen LogP contribution in [-0.2, 0) is 9.59 Å². The Hall–Kier alpha value is -2.37. The highest BCUT2D eigenvalue weighted by Crippen LogP contribution is 2.42. The van der Waals surface area contributed by atoms with Gasteiger partial charge in [0.1, 0.15) is 0 Å². The van der Waals surface area contributed by atoms with Crippen molar-refractivity contribution in [2.24, 2.45) is 11.3 Å². The maximum atomic E-state index is 12.6. The molecule has 0 saturated carbocycles. The van der Waals surface area contributed by atoms with Crippen molar-refractivity contribution in [3.05, 3.63) is 23.8 Å². The maximum absolute atomic E-state index is 12.6. The van der Waals surface area contributed by atoms with Gasteiger partial charge in [-0.1, -0.05) is 13.8 Å². The number of hydrogen-bond donors (Lipinski definition) is 2. The van der Waals surface area contributed by atoms with E-state index in [1.165, 1.54) is 18.2 Å². The second-order valence-electron chi connectivity index (χ2n) is 5.86. The van der Waals surface area contributed by atoms with Crippen LogP contribution in [0.3, 0.4) is 0 Å². The van der Waals surface area contributed by atoms with Gasteiger partial charge >= 0.3 is 5.97 Å². The first kappa shape index (κ1) is 15.0.